The van der Waals surface area contributed by atoms with Crippen molar-refractivity contribution in [2.45, 2.75) is 20.4 Å². The van der Waals surface area contributed by atoms with E-state index in [0.29, 0.717) is 17.1 Å². The number of H-pyrrole nitrogens is 1. The highest BCUT2D eigenvalue weighted by Crippen LogP contribution is 2.21. The maximum Gasteiger partial charge on any atom is 0.251 e. The van der Waals surface area contributed by atoms with E-state index in [2.05, 4.69) is 34.8 Å². The van der Waals surface area contributed by atoms with Crippen molar-refractivity contribution in [3.63, 3.8) is 0 Å². The van der Waals surface area contributed by atoms with Crippen molar-refractivity contribution in [2.24, 2.45) is 0 Å². The number of nitrogens with zero attached hydrogens (tertiary/aromatic N) is 2. The minimum absolute atomic E-state index is 0.233. The summed E-state index contributed by atoms with van der Waals surface area (Å²) in [6.45, 7) is 7.09. The third kappa shape index (κ3) is 4.24. The van der Waals surface area contributed by atoms with E-state index in [1.807, 2.05) is 18.2 Å². The molecule has 0 amide bonds. The molecule has 0 bridgehead atoms. The molecule has 134 valence electrons. The molecule has 5 heteroatoms. The number of aromatic nitrogens is 2. The van der Waals surface area contributed by atoms with E-state index >= 15 is 0 Å². The Morgan fingerprint density at radius 3 is 2.42 bits per heavy atom. The van der Waals surface area contributed by atoms with E-state index < -0.39 is 0 Å². The molecular weight excluding hydrogens is 329 g/mol. The number of hydrogen-bond donors (Lipinski definition) is 1. The lowest BCUT2D eigenvalue weighted by molar-refractivity contribution is 0.296. The Hall–Kier alpha value is -2.79. The summed E-state index contributed by atoms with van der Waals surface area (Å²) in [5, 5.41) is 0. The second kappa shape index (κ2) is 8.06. The molecule has 0 aliphatic carbocycles. The zero-order chi connectivity index (χ0) is 18.5. The van der Waals surface area contributed by atoms with Crippen LogP contribution in [0.3, 0.4) is 0 Å². The Balaban J connectivity index is 1.97. The Kier molecular flexibility index (Phi) is 5.58. The molecule has 0 aliphatic heterocycles. The fourth-order valence-electron chi connectivity index (χ4n) is 2.89. The summed E-state index contributed by atoms with van der Waals surface area (Å²) in [5.74, 6) is 0.195. The number of aromatic amines is 1. The molecule has 1 N–H and O–H groups in total. The van der Waals surface area contributed by atoms with Crippen molar-refractivity contribution in [1.29, 1.82) is 0 Å². The van der Waals surface area contributed by atoms with E-state index in [0.717, 1.165) is 25.2 Å². The number of benzene rings is 2. The van der Waals surface area contributed by atoms with Crippen molar-refractivity contribution < 1.29 is 4.39 Å². The quantitative estimate of drug-likeness (QED) is 0.728. The van der Waals surface area contributed by atoms with Crippen molar-refractivity contribution in [1.82, 2.24) is 14.9 Å². The van der Waals surface area contributed by atoms with Gasteiger partial charge < -0.3 is 4.98 Å². The maximum absolute atomic E-state index is 13.1. The highest BCUT2D eigenvalue weighted by atomic mass is 19.1. The van der Waals surface area contributed by atoms with Crippen LogP contribution in [-0.2, 0) is 6.54 Å². The predicted octanol–water partition coefficient (Wildman–Crippen LogP) is 4.08. The maximum atomic E-state index is 13.1. The summed E-state index contributed by atoms with van der Waals surface area (Å²) in [4.78, 5) is 21.8. The normalized spacial score (nSPS) is 11.1. The van der Waals surface area contributed by atoms with Crippen molar-refractivity contribution in [3.8, 4) is 22.6 Å². The summed E-state index contributed by atoms with van der Waals surface area (Å²) in [6, 6.07) is 15.4. The van der Waals surface area contributed by atoms with E-state index in [1.165, 1.54) is 23.8 Å². The lowest BCUT2D eigenvalue weighted by Crippen LogP contribution is -2.22. The first kappa shape index (κ1) is 18.0. The van der Waals surface area contributed by atoms with Crippen LogP contribution < -0.4 is 5.56 Å². The topological polar surface area (TPSA) is 49.0 Å². The zero-order valence-electron chi connectivity index (χ0n) is 15.0. The summed E-state index contributed by atoms with van der Waals surface area (Å²) in [7, 11) is 0. The fourth-order valence-corrected chi connectivity index (χ4v) is 2.89. The van der Waals surface area contributed by atoms with Crippen LogP contribution in [-0.4, -0.2) is 28.0 Å². The van der Waals surface area contributed by atoms with Crippen LogP contribution >= 0.6 is 0 Å². The Labute approximate surface area is 152 Å². The summed E-state index contributed by atoms with van der Waals surface area (Å²) in [5.41, 5.74) is 3.02. The first-order chi connectivity index (χ1) is 12.6. The lowest BCUT2D eigenvalue weighted by Gasteiger charge is -2.18. The molecule has 0 aliphatic rings. The van der Waals surface area contributed by atoms with Crippen LogP contribution in [0, 0.1) is 5.82 Å². The highest BCUT2D eigenvalue weighted by Gasteiger charge is 2.08. The van der Waals surface area contributed by atoms with E-state index in [4.69, 9.17) is 0 Å². The molecule has 2 aromatic carbocycles. The van der Waals surface area contributed by atoms with Gasteiger partial charge >= 0.3 is 0 Å². The van der Waals surface area contributed by atoms with Gasteiger partial charge in [-0.05, 0) is 49.0 Å². The van der Waals surface area contributed by atoms with E-state index in [1.54, 1.807) is 12.1 Å². The number of halogens is 1. The average molecular weight is 351 g/mol. The van der Waals surface area contributed by atoms with Gasteiger partial charge in [-0.3, -0.25) is 9.69 Å². The second-order valence-electron chi connectivity index (χ2n) is 6.15. The minimum Gasteiger partial charge on any atom is -0.306 e. The van der Waals surface area contributed by atoms with Gasteiger partial charge in [0.15, 0.2) is 0 Å². The standard InChI is InChI=1S/C21H22FN3O/c1-3-25(4-2)14-15-6-5-7-17(12-15)21-23-19(13-20(26)24-21)16-8-10-18(22)11-9-16/h5-13H,3-4,14H2,1-2H3,(H,23,24,26). The number of nitrogens with one attached hydrogen (secondary N) is 1. The van der Waals surface area contributed by atoms with E-state index in [-0.39, 0.29) is 11.4 Å². The van der Waals surface area contributed by atoms with Gasteiger partial charge in [0.2, 0.25) is 0 Å². The van der Waals surface area contributed by atoms with Gasteiger partial charge in [-0.2, -0.15) is 0 Å². The molecule has 3 rings (SSSR count). The van der Waals surface area contributed by atoms with Gasteiger partial charge in [-0.15, -0.1) is 0 Å². The minimum atomic E-state index is -0.317. The van der Waals surface area contributed by atoms with E-state index in [9.17, 15) is 9.18 Å². The molecule has 0 saturated heterocycles. The van der Waals surface area contributed by atoms with Crippen LogP contribution in [0.1, 0.15) is 19.4 Å². The Morgan fingerprint density at radius 2 is 1.73 bits per heavy atom. The van der Waals surface area contributed by atoms with Crippen LogP contribution in [0.15, 0.2) is 59.4 Å². The second-order valence-corrected chi connectivity index (χ2v) is 6.15. The number of hydrogen-bond acceptors (Lipinski definition) is 3. The molecule has 1 heterocycles. The largest absolute Gasteiger partial charge is 0.306 e. The highest BCUT2D eigenvalue weighted by molar-refractivity contribution is 5.63. The third-order valence-corrected chi connectivity index (χ3v) is 4.38. The molecule has 1 aromatic heterocycles. The first-order valence-corrected chi connectivity index (χ1v) is 8.78. The first-order valence-electron chi connectivity index (χ1n) is 8.78. The van der Waals surface area contributed by atoms with Gasteiger partial charge in [-0.1, -0.05) is 32.0 Å². The molecule has 0 spiro atoms. The predicted molar refractivity (Wildman–Crippen MR) is 102 cm³/mol. The van der Waals surface area contributed by atoms with Gasteiger partial charge in [-0.25, -0.2) is 9.37 Å². The van der Waals surface area contributed by atoms with Crippen molar-refractivity contribution >= 4 is 0 Å². The van der Waals surface area contributed by atoms with Crippen LogP contribution in [0.5, 0.6) is 0 Å². The Morgan fingerprint density at radius 1 is 1.00 bits per heavy atom. The number of rotatable bonds is 6. The van der Waals surface area contributed by atoms with Gasteiger partial charge in [0.25, 0.3) is 5.56 Å². The van der Waals surface area contributed by atoms with Crippen molar-refractivity contribution in [3.05, 3.63) is 76.3 Å². The Bertz CT molecular complexity index is 930. The summed E-state index contributed by atoms with van der Waals surface area (Å²) < 4.78 is 13.1. The smallest absolute Gasteiger partial charge is 0.251 e. The lowest BCUT2D eigenvalue weighted by atomic mass is 10.1. The molecule has 0 unspecified atom stereocenters. The van der Waals surface area contributed by atoms with Gasteiger partial charge in [0.05, 0.1) is 5.69 Å². The molecule has 0 atom stereocenters. The van der Waals surface area contributed by atoms with Crippen LogP contribution in [0.25, 0.3) is 22.6 Å². The van der Waals surface area contributed by atoms with Crippen LogP contribution in [0.4, 0.5) is 4.39 Å². The molecule has 0 radical (unpaired) electrons. The average Bonchev–Trinajstić information content (AvgIpc) is 2.66. The van der Waals surface area contributed by atoms with Crippen molar-refractivity contribution in [2.75, 3.05) is 13.1 Å². The third-order valence-electron chi connectivity index (χ3n) is 4.38. The fraction of sp³-hybridized carbons (Fsp3) is 0.238. The van der Waals surface area contributed by atoms with Crippen LogP contribution in [0.2, 0.25) is 0 Å². The summed E-state index contributed by atoms with van der Waals surface area (Å²) >= 11 is 0. The monoisotopic (exact) mass is 351 g/mol. The molecule has 0 fully saturated rings. The van der Waals surface area contributed by atoms with Gasteiger partial charge in [0, 0.05) is 23.7 Å². The SMILES string of the molecule is CCN(CC)Cc1cccc(-c2nc(-c3ccc(F)cc3)cc(=O)[nH]2)c1. The van der Waals surface area contributed by atoms with Gasteiger partial charge in [0.1, 0.15) is 11.6 Å². The molecule has 0 saturated carbocycles. The molecular formula is C21H22FN3O. The molecule has 4 nitrogen and oxygen atoms in total. The molecule has 3 aromatic rings. The molecule has 26 heavy (non-hydrogen) atoms. The summed E-state index contributed by atoms with van der Waals surface area (Å²) in [6.07, 6.45) is 0. The zero-order valence-corrected chi connectivity index (χ0v) is 15.0.